The highest BCUT2D eigenvalue weighted by Crippen LogP contribution is 2.43. The van der Waals surface area contributed by atoms with Crippen molar-refractivity contribution in [3.63, 3.8) is 0 Å². The molecule has 0 aromatic heterocycles. The van der Waals surface area contributed by atoms with E-state index in [1.807, 2.05) is 42.5 Å². The molecule has 7 heteroatoms. The van der Waals surface area contributed by atoms with Crippen molar-refractivity contribution in [2.24, 2.45) is 5.92 Å². The van der Waals surface area contributed by atoms with Crippen molar-refractivity contribution in [3.8, 4) is 5.75 Å². The van der Waals surface area contributed by atoms with Gasteiger partial charge in [0, 0.05) is 35.4 Å². The molecule has 1 N–H and O–H groups in total. The maximum absolute atomic E-state index is 11.6. The number of allylic oxidation sites excluding steroid dienone is 2. The smallest absolute Gasteiger partial charge is 0.308 e. The maximum atomic E-state index is 11.6. The topological polar surface area (TPSA) is 82.1 Å². The Morgan fingerprint density at radius 3 is 2.55 bits per heavy atom. The minimum Gasteiger partial charge on any atom is -0.481 e. The van der Waals surface area contributed by atoms with Gasteiger partial charge in [-0.1, -0.05) is 60.2 Å². The lowest BCUT2D eigenvalue weighted by molar-refractivity contribution is -0.244. The number of carbonyl (C=O) groups excluding carboxylic acids is 1. The summed E-state index contributed by atoms with van der Waals surface area (Å²) in [5, 5.41) is 9.34. The van der Waals surface area contributed by atoms with E-state index in [9.17, 15) is 9.59 Å². The Hall–Kier alpha value is -2.67. The fourth-order valence-corrected chi connectivity index (χ4v) is 3.71. The van der Waals surface area contributed by atoms with Gasteiger partial charge in [-0.3, -0.25) is 9.59 Å². The van der Waals surface area contributed by atoms with Gasteiger partial charge >= 0.3 is 11.9 Å². The molecule has 3 unspecified atom stereocenters. The Kier molecular flexibility index (Phi) is 8.23. The van der Waals surface area contributed by atoms with Gasteiger partial charge in [0.1, 0.15) is 5.75 Å². The standard InChI is InChI=1S/C24H25ClO6/c1-16(26)30-21-13-8-6-11-19(21)23-17(9-3-2-4-14-22(27)28)15-29-24(31-23)18-10-5-7-12-20(18)25/h2-3,5-8,10-13,17,23-24H,4,9,14-15H2,1H3,(H,27,28). The molecule has 31 heavy (non-hydrogen) atoms. The zero-order valence-electron chi connectivity index (χ0n) is 17.2. The molecule has 2 aromatic rings. The molecule has 0 bridgehead atoms. The van der Waals surface area contributed by atoms with Crippen LogP contribution in [-0.2, 0) is 19.1 Å². The quantitative estimate of drug-likeness (QED) is 0.330. The summed E-state index contributed by atoms with van der Waals surface area (Å²) >= 11 is 6.34. The Morgan fingerprint density at radius 1 is 1.13 bits per heavy atom. The Labute approximate surface area is 186 Å². The molecule has 1 aliphatic rings. The molecule has 164 valence electrons. The monoisotopic (exact) mass is 444 g/mol. The average molecular weight is 445 g/mol. The molecule has 3 rings (SSSR count). The van der Waals surface area contributed by atoms with E-state index in [1.165, 1.54) is 6.92 Å². The molecule has 0 amide bonds. The SMILES string of the molecule is CC(=O)Oc1ccccc1C1OC(c2ccccc2Cl)OCC1CC=CCCC(=O)O. The number of benzene rings is 2. The van der Waals surface area contributed by atoms with Crippen molar-refractivity contribution >= 4 is 23.5 Å². The van der Waals surface area contributed by atoms with E-state index in [1.54, 1.807) is 18.2 Å². The van der Waals surface area contributed by atoms with Crippen molar-refractivity contribution in [2.45, 2.75) is 38.6 Å². The van der Waals surface area contributed by atoms with Crippen LogP contribution in [0.3, 0.4) is 0 Å². The summed E-state index contributed by atoms with van der Waals surface area (Å²) in [4.78, 5) is 22.3. The van der Waals surface area contributed by atoms with Crippen LogP contribution in [0, 0.1) is 5.92 Å². The Bertz CT molecular complexity index is 941. The molecular weight excluding hydrogens is 420 g/mol. The van der Waals surface area contributed by atoms with Crippen molar-refractivity contribution in [1.29, 1.82) is 0 Å². The second-order valence-electron chi connectivity index (χ2n) is 7.27. The number of halogens is 1. The molecule has 0 spiro atoms. The van der Waals surface area contributed by atoms with Crippen molar-refractivity contribution in [1.82, 2.24) is 0 Å². The van der Waals surface area contributed by atoms with Gasteiger partial charge in [0.15, 0.2) is 6.29 Å². The van der Waals surface area contributed by atoms with Crippen molar-refractivity contribution < 1.29 is 28.9 Å². The molecule has 1 fully saturated rings. The summed E-state index contributed by atoms with van der Waals surface area (Å²) < 4.78 is 17.7. The van der Waals surface area contributed by atoms with Gasteiger partial charge in [-0.15, -0.1) is 0 Å². The molecule has 2 aromatic carbocycles. The Balaban J connectivity index is 1.85. The van der Waals surface area contributed by atoms with E-state index in [0.29, 0.717) is 30.2 Å². The number of rotatable bonds is 8. The van der Waals surface area contributed by atoms with Gasteiger partial charge in [-0.05, 0) is 25.0 Å². The predicted molar refractivity (Wildman–Crippen MR) is 116 cm³/mol. The number of hydrogen-bond donors (Lipinski definition) is 1. The molecule has 0 radical (unpaired) electrons. The predicted octanol–water partition coefficient (Wildman–Crippen LogP) is 5.48. The zero-order chi connectivity index (χ0) is 22.2. The van der Waals surface area contributed by atoms with E-state index in [-0.39, 0.29) is 12.3 Å². The lowest BCUT2D eigenvalue weighted by Crippen LogP contribution is -2.31. The van der Waals surface area contributed by atoms with Crippen LogP contribution in [0.4, 0.5) is 0 Å². The lowest BCUT2D eigenvalue weighted by atomic mass is 9.91. The van der Waals surface area contributed by atoms with E-state index in [0.717, 1.165) is 11.1 Å². The summed E-state index contributed by atoms with van der Waals surface area (Å²) in [6, 6.07) is 14.6. The fraction of sp³-hybridized carbons (Fsp3) is 0.333. The van der Waals surface area contributed by atoms with Crippen LogP contribution in [0.2, 0.25) is 5.02 Å². The van der Waals surface area contributed by atoms with Crippen LogP contribution in [-0.4, -0.2) is 23.7 Å². The maximum Gasteiger partial charge on any atom is 0.308 e. The minimum absolute atomic E-state index is 0.0588. The third-order valence-corrected chi connectivity index (χ3v) is 5.27. The molecule has 0 saturated carbocycles. The number of ether oxygens (including phenoxy) is 3. The normalized spacial score (nSPS) is 21.2. The number of carbonyl (C=O) groups is 2. The number of esters is 1. The molecule has 1 heterocycles. The first kappa shape index (κ1) is 23.0. The van der Waals surface area contributed by atoms with Crippen LogP contribution in [0.5, 0.6) is 5.75 Å². The first-order valence-electron chi connectivity index (χ1n) is 10.1. The zero-order valence-corrected chi connectivity index (χ0v) is 18.0. The third-order valence-electron chi connectivity index (χ3n) is 4.93. The lowest BCUT2D eigenvalue weighted by Gasteiger charge is -2.37. The number of para-hydroxylation sites is 1. The van der Waals surface area contributed by atoms with Crippen molar-refractivity contribution in [3.05, 3.63) is 76.8 Å². The summed E-state index contributed by atoms with van der Waals surface area (Å²) in [5.41, 5.74) is 1.48. The minimum atomic E-state index is -0.829. The van der Waals surface area contributed by atoms with Gasteiger partial charge in [-0.2, -0.15) is 0 Å². The van der Waals surface area contributed by atoms with Crippen LogP contribution < -0.4 is 4.74 Å². The highest BCUT2D eigenvalue weighted by molar-refractivity contribution is 6.31. The van der Waals surface area contributed by atoms with Crippen molar-refractivity contribution in [2.75, 3.05) is 6.61 Å². The number of aliphatic carboxylic acids is 1. The molecule has 3 atom stereocenters. The third kappa shape index (κ3) is 6.40. The van der Waals surface area contributed by atoms with Crippen LogP contribution in [0.25, 0.3) is 0 Å². The molecule has 1 saturated heterocycles. The summed E-state index contributed by atoms with van der Waals surface area (Å²) in [6.45, 7) is 1.76. The fourth-order valence-electron chi connectivity index (χ4n) is 3.49. The second-order valence-corrected chi connectivity index (χ2v) is 7.68. The number of carboxylic acids is 1. The molecule has 1 aliphatic heterocycles. The van der Waals surface area contributed by atoms with Gasteiger partial charge in [0.05, 0.1) is 12.7 Å². The van der Waals surface area contributed by atoms with Crippen LogP contribution in [0.15, 0.2) is 60.7 Å². The first-order valence-corrected chi connectivity index (χ1v) is 10.5. The molecular formula is C24H25ClO6. The molecule has 0 aliphatic carbocycles. The highest BCUT2D eigenvalue weighted by Gasteiger charge is 2.35. The van der Waals surface area contributed by atoms with Gasteiger partial charge in [0.25, 0.3) is 0 Å². The highest BCUT2D eigenvalue weighted by atomic mass is 35.5. The number of hydrogen-bond acceptors (Lipinski definition) is 5. The molecule has 6 nitrogen and oxygen atoms in total. The van der Waals surface area contributed by atoms with E-state index >= 15 is 0 Å². The van der Waals surface area contributed by atoms with E-state index < -0.39 is 24.3 Å². The van der Waals surface area contributed by atoms with Gasteiger partial charge < -0.3 is 19.3 Å². The first-order chi connectivity index (χ1) is 15.0. The van der Waals surface area contributed by atoms with Gasteiger partial charge in [0.2, 0.25) is 0 Å². The van der Waals surface area contributed by atoms with E-state index in [2.05, 4.69) is 0 Å². The van der Waals surface area contributed by atoms with Gasteiger partial charge in [-0.25, -0.2) is 0 Å². The average Bonchev–Trinajstić information content (AvgIpc) is 2.74. The largest absolute Gasteiger partial charge is 0.481 e. The summed E-state index contributed by atoms with van der Waals surface area (Å²) in [5.74, 6) is -0.854. The summed E-state index contributed by atoms with van der Waals surface area (Å²) in [6.07, 6.45) is 3.89. The van der Waals surface area contributed by atoms with Crippen LogP contribution >= 0.6 is 11.6 Å². The summed E-state index contributed by atoms with van der Waals surface area (Å²) in [7, 11) is 0. The van der Waals surface area contributed by atoms with E-state index in [4.69, 9.17) is 30.9 Å². The second kappa shape index (κ2) is 11.1. The van der Waals surface area contributed by atoms with Crippen LogP contribution in [0.1, 0.15) is 49.7 Å². The number of carboxylic acid groups (broad SMARTS) is 1. The Morgan fingerprint density at radius 2 is 1.84 bits per heavy atom.